The minimum Gasteiger partial charge on any atom is -0.379 e. The molecule has 1 aliphatic heterocycles. The number of hydrogen-bond donors (Lipinski definition) is 2. The fourth-order valence-corrected chi connectivity index (χ4v) is 1.32. The average molecular weight is 173 g/mol. The van der Waals surface area contributed by atoms with E-state index in [4.69, 9.17) is 5.26 Å². The molecule has 0 atom stereocenters. The third-order valence-corrected chi connectivity index (χ3v) is 2.19. The number of nitrogens with one attached hydrogen (secondary N) is 2. The van der Waals surface area contributed by atoms with Gasteiger partial charge in [-0.3, -0.25) is 0 Å². The van der Waals surface area contributed by atoms with E-state index < -0.39 is 0 Å². The van der Waals surface area contributed by atoms with Crippen molar-refractivity contribution in [3.05, 3.63) is 29.8 Å². The summed E-state index contributed by atoms with van der Waals surface area (Å²) in [6, 6.07) is 10.2. The van der Waals surface area contributed by atoms with Crippen LogP contribution in [0.3, 0.4) is 0 Å². The molecule has 2 rings (SSSR count). The molecule has 0 aromatic heterocycles. The van der Waals surface area contributed by atoms with Gasteiger partial charge in [0.15, 0.2) is 0 Å². The van der Waals surface area contributed by atoms with Gasteiger partial charge in [-0.25, -0.2) is 0 Å². The molecule has 1 heterocycles. The highest BCUT2D eigenvalue weighted by Gasteiger charge is 2.16. The molecule has 13 heavy (non-hydrogen) atoms. The normalized spacial score (nSPS) is 15.9. The van der Waals surface area contributed by atoms with Crippen molar-refractivity contribution in [2.45, 2.75) is 6.04 Å². The van der Waals surface area contributed by atoms with E-state index in [1.807, 2.05) is 24.3 Å². The first-order valence-corrected chi connectivity index (χ1v) is 4.36. The van der Waals surface area contributed by atoms with E-state index in [1.54, 1.807) is 0 Å². The Labute approximate surface area is 77.4 Å². The van der Waals surface area contributed by atoms with Gasteiger partial charge in [-0.2, -0.15) is 5.26 Å². The summed E-state index contributed by atoms with van der Waals surface area (Å²) in [4.78, 5) is 0. The van der Waals surface area contributed by atoms with E-state index >= 15 is 0 Å². The molecule has 1 fully saturated rings. The molecule has 0 unspecified atom stereocenters. The van der Waals surface area contributed by atoms with Crippen molar-refractivity contribution in [3.8, 4) is 6.07 Å². The van der Waals surface area contributed by atoms with Gasteiger partial charge in [0, 0.05) is 13.1 Å². The van der Waals surface area contributed by atoms with Crippen molar-refractivity contribution >= 4 is 5.69 Å². The molecular formula is C10H11N3. The predicted molar refractivity (Wildman–Crippen MR) is 51.4 cm³/mol. The third kappa shape index (κ3) is 1.63. The molecule has 3 heteroatoms. The summed E-state index contributed by atoms with van der Waals surface area (Å²) in [6.45, 7) is 1.97. The Kier molecular flexibility index (Phi) is 2.15. The second kappa shape index (κ2) is 3.46. The van der Waals surface area contributed by atoms with E-state index in [2.05, 4.69) is 16.7 Å². The summed E-state index contributed by atoms with van der Waals surface area (Å²) in [6.07, 6.45) is 0. The number of para-hydroxylation sites is 1. The molecule has 66 valence electrons. The van der Waals surface area contributed by atoms with Gasteiger partial charge in [-0.05, 0) is 12.1 Å². The van der Waals surface area contributed by atoms with Crippen LogP contribution in [0.15, 0.2) is 24.3 Å². The molecule has 0 spiro atoms. The molecule has 1 saturated heterocycles. The average Bonchev–Trinajstić information content (AvgIpc) is 2.12. The molecular weight excluding hydrogens is 162 g/mol. The Morgan fingerprint density at radius 2 is 2.15 bits per heavy atom. The maximum Gasteiger partial charge on any atom is 0.101 e. The molecule has 0 radical (unpaired) electrons. The lowest BCUT2D eigenvalue weighted by Gasteiger charge is -2.29. The van der Waals surface area contributed by atoms with Gasteiger partial charge < -0.3 is 10.6 Å². The zero-order chi connectivity index (χ0) is 9.10. The van der Waals surface area contributed by atoms with Crippen LogP contribution in [-0.4, -0.2) is 19.1 Å². The monoisotopic (exact) mass is 173 g/mol. The zero-order valence-corrected chi connectivity index (χ0v) is 7.25. The number of anilines is 1. The topological polar surface area (TPSA) is 47.9 Å². The number of rotatable bonds is 2. The smallest absolute Gasteiger partial charge is 0.101 e. The lowest BCUT2D eigenvalue weighted by Crippen LogP contribution is -2.51. The first kappa shape index (κ1) is 8.09. The second-order valence-electron chi connectivity index (χ2n) is 3.16. The number of nitrogens with zero attached hydrogens (tertiary/aromatic N) is 1. The molecule has 1 aromatic rings. The van der Waals surface area contributed by atoms with Gasteiger partial charge in [-0.15, -0.1) is 0 Å². The van der Waals surface area contributed by atoms with Gasteiger partial charge in [0.1, 0.15) is 6.07 Å². The molecule has 3 nitrogen and oxygen atoms in total. The first-order chi connectivity index (χ1) is 6.40. The molecule has 0 aliphatic carbocycles. The predicted octanol–water partition coefficient (Wildman–Crippen LogP) is 0.942. The van der Waals surface area contributed by atoms with Crippen molar-refractivity contribution in [1.82, 2.24) is 5.32 Å². The Bertz CT molecular complexity index is 336. The number of hydrogen-bond acceptors (Lipinski definition) is 3. The molecule has 1 aliphatic rings. The quantitative estimate of drug-likeness (QED) is 0.699. The van der Waals surface area contributed by atoms with Gasteiger partial charge in [0.25, 0.3) is 0 Å². The molecule has 0 bridgehead atoms. The Morgan fingerprint density at radius 1 is 1.38 bits per heavy atom. The van der Waals surface area contributed by atoms with Crippen LogP contribution >= 0.6 is 0 Å². The maximum atomic E-state index is 8.82. The summed E-state index contributed by atoms with van der Waals surface area (Å²) >= 11 is 0. The highest BCUT2D eigenvalue weighted by atomic mass is 15.1. The van der Waals surface area contributed by atoms with Crippen LogP contribution in [0.2, 0.25) is 0 Å². The second-order valence-corrected chi connectivity index (χ2v) is 3.16. The van der Waals surface area contributed by atoms with Crippen LogP contribution in [0.4, 0.5) is 5.69 Å². The third-order valence-electron chi connectivity index (χ3n) is 2.19. The molecule has 1 aromatic carbocycles. The fraction of sp³-hybridized carbons (Fsp3) is 0.300. The Hall–Kier alpha value is -1.53. The van der Waals surface area contributed by atoms with Crippen molar-refractivity contribution in [1.29, 1.82) is 5.26 Å². The lowest BCUT2D eigenvalue weighted by molar-refractivity contribution is 0.472. The van der Waals surface area contributed by atoms with E-state index in [1.165, 1.54) is 0 Å². The fourth-order valence-electron chi connectivity index (χ4n) is 1.32. The van der Waals surface area contributed by atoms with Gasteiger partial charge in [0.05, 0.1) is 17.3 Å². The molecule has 0 saturated carbocycles. The van der Waals surface area contributed by atoms with Crippen LogP contribution in [0, 0.1) is 11.3 Å². The number of benzene rings is 1. The van der Waals surface area contributed by atoms with Gasteiger partial charge in [-0.1, -0.05) is 12.1 Å². The van der Waals surface area contributed by atoms with Crippen LogP contribution < -0.4 is 10.6 Å². The van der Waals surface area contributed by atoms with Gasteiger partial charge in [0.2, 0.25) is 0 Å². The van der Waals surface area contributed by atoms with Crippen molar-refractivity contribution in [2.75, 3.05) is 18.4 Å². The summed E-state index contributed by atoms with van der Waals surface area (Å²) in [7, 11) is 0. The maximum absolute atomic E-state index is 8.82. The van der Waals surface area contributed by atoms with Crippen LogP contribution in [0.25, 0.3) is 0 Å². The highest BCUT2D eigenvalue weighted by Crippen LogP contribution is 2.15. The Balaban J connectivity index is 2.14. The van der Waals surface area contributed by atoms with Crippen LogP contribution in [-0.2, 0) is 0 Å². The largest absolute Gasteiger partial charge is 0.379 e. The van der Waals surface area contributed by atoms with E-state index in [0.29, 0.717) is 6.04 Å². The zero-order valence-electron chi connectivity index (χ0n) is 7.25. The summed E-state index contributed by atoms with van der Waals surface area (Å²) < 4.78 is 0. The molecule has 2 N–H and O–H groups in total. The van der Waals surface area contributed by atoms with Crippen molar-refractivity contribution in [2.24, 2.45) is 0 Å². The van der Waals surface area contributed by atoms with E-state index in [9.17, 15) is 0 Å². The minimum absolute atomic E-state index is 0.481. The number of nitriles is 1. The Morgan fingerprint density at radius 3 is 2.77 bits per heavy atom. The van der Waals surface area contributed by atoms with Crippen LogP contribution in [0.5, 0.6) is 0 Å². The summed E-state index contributed by atoms with van der Waals surface area (Å²) in [5.74, 6) is 0. The highest BCUT2D eigenvalue weighted by molar-refractivity contribution is 5.57. The van der Waals surface area contributed by atoms with Crippen molar-refractivity contribution < 1.29 is 0 Å². The SMILES string of the molecule is N#Cc1ccccc1NC1CNC1. The molecule has 0 amide bonds. The standard InChI is InChI=1S/C10H11N3/c11-5-8-3-1-2-4-10(8)13-9-6-12-7-9/h1-4,9,12-13H,6-7H2. The lowest BCUT2D eigenvalue weighted by atomic mass is 10.1. The van der Waals surface area contributed by atoms with Crippen molar-refractivity contribution in [3.63, 3.8) is 0 Å². The first-order valence-electron chi connectivity index (χ1n) is 4.36. The van der Waals surface area contributed by atoms with Gasteiger partial charge >= 0.3 is 0 Å². The van der Waals surface area contributed by atoms with Crippen LogP contribution in [0.1, 0.15) is 5.56 Å². The van der Waals surface area contributed by atoms with E-state index in [0.717, 1.165) is 24.3 Å². The minimum atomic E-state index is 0.481. The van der Waals surface area contributed by atoms with E-state index in [-0.39, 0.29) is 0 Å². The summed E-state index contributed by atoms with van der Waals surface area (Å²) in [5.41, 5.74) is 1.66. The summed E-state index contributed by atoms with van der Waals surface area (Å²) in [5, 5.41) is 15.3.